The zero-order chi connectivity index (χ0) is 21.1. The zero-order valence-corrected chi connectivity index (χ0v) is 16.4. The van der Waals surface area contributed by atoms with Crippen molar-refractivity contribution in [2.45, 2.75) is 11.3 Å². The van der Waals surface area contributed by atoms with Crippen molar-refractivity contribution in [3.63, 3.8) is 0 Å². The molecule has 152 valence electrons. The number of hydrogen-bond donors (Lipinski definition) is 2. The smallest absolute Gasteiger partial charge is 0.298 e. The Balaban J connectivity index is 1.65. The van der Waals surface area contributed by atoms with Crippen LogP contribution in [0.5, 0.6) is 11.5 Å². The van der Waals surface area contributed by atoms with Gasteiger partial charge in [-0.2, -0.15) is 8.42 Å². The minimum atomic E-state index is -4.61. The summed E-state index contributed by atoms with van der Waals surface area (Å²) in [7, 11) is -4.61. The van der Waals surface area contributed by atoms with Crippen molar-refractivity contribution in [3.8, 4) is 11.5 Å². The molecule has 0 saturated carbocycles. The van der Waals surface area contributed by atoms with E-state index in [1.54, 1.807) is 42.5 Å². The number of rotatable bonds is 5. The first kappa shape index (κ1) is 19.6. The fourth-order valence-corrected chi connectivity index (χ4v) is 3.56. The van der Waals surface area contributed by atoms with E-state index >= 15 is 0 Å². The van der Waals surface area contributed by atoms with Crippen molar-refractivity contribution in [3.05, 3.63) is 78.9 Å². The molecule has 0 spiro atoms. The van der Waals surface area contributed by atoms with E-state index in [1.807, 2.05) is 18.2 Å². The van der Waals surface area contributed by atoms with E-state index in [9.17, 15) is 17.8 Å². The van der Waals surface area contributed by atoms with Crippen LogP contribution in [-0.4, -0.2) is 24.7 Å². The molecule has 0 atom stereocenters. The number of amides is 1. The number of amidine groups is 1. The number of hydrogen-bond acceptors (Lipinski definition) is 5. The Morgan fingerprint density at radius 3 is 2.30 bits per heavy atom. The van der Waals surface area contributed by atoms with Gasteiger partial charge in [0.1, 0.15) is 22.2 Å². The number of hydrazine groups is 1. The summed E-state index contributed by atoms with van der Waals surface area (Å²) >= 11 is 0. The van der Waals surface area contributed by atoms with Gasteiger partial charge in [-0.25, -0.2) is 10.0 Å². The molecule has 8 nitrogen and oxygen atoms in total. The predicted octanol–water partition coefficient (Wildman–Crippen LogP) is 3.70. The average Bonchev–Trinajstić information content (AvgIpc) is 3.09. The summed E-state index contributed by atoms with van der Waals surface area (Å²) in [6, 6.07) is 21.8. The number of carbonyl (C=O) groups excluding carboxylic acids is 1. The van der Waals surface area contributed by atoms with Crippen molar-refractivity contribution >= 4 is 33.2 Å². The van der Waals surface area contributed by atoms with Crippen LogP contribution < -0.4 is 15.2 Å². The fourth-order valence-electron chi connectivity index (χ4n) is 2.92. The van der Waals surface area contributed by atoms with Gasteiger partial charge in [-0.3, -0.25) is 14.8 Å². The Morgan fingerprint density at radius 2 is 1.63 bits per heavy atom. The third kappa shape index (κ3) is 4.32. The van der Waals surface area contributed by atoms with Crippen molar-refractivity contribution < 1.29 is 22.5 Å². The highest BCUT2D eigenvalue weighted by Gasteiger charge is 2.29. The van der Waals surface area contributed by atoms with Crippen LogP contribution in [0.25, 0.3) is 0 Å². The summed E-state index contributed by atoms with van der Waals surface area (Å²) in [5, 5.41) is 1.18. The van der Waals surface area contributed by atoms with Crippen molar-refractivity contribution in [1.29, 1.82) is 0 Å². The number of aliphatic imine (C=N–C) groups is 1. The van der Waals surface area contributed by atoms with E-state index < -0.39 is 15.0 Å². The number of para-hydroxylation sites is 2. The van der Waals surface area contributed by atoms with E-state index in [1.165, 1.54) is 23.2 Å². The Hall–Kier alpha value is -3.69. The molecule has 1 saturated heterocycles. The Morgan fingerprint density at radius 1 is 0.967 bits per heavy atom. The third-order valence-electron chi connectivity index (χ3n) is 4.26. The highest BCUT2D eigenvalue weighted by Crippen LogP contribution is 2.33. The van der Waals surface area contributed by atoms with Gasteiger partial charge in [0.2, 0.25) is 0 Å². The second-order valence-corrected chi connectivity index (χ2v) is 7.82. The summed E-state index contributed by atoms with van der Waals surface area (Å²) in [6.45, 7) is 0. The first-order valence-corrected chi connectivity index (χ1v) is 10.4. The molecule has 3 aromatic rings. The number of carbonyl (C=O) groups is 1. The number of ether oxygens (including phenoxy) is 1. The quantitative estimate of drug-likeness (QED) is 0.606. The summed E-state index contributed by atoms with van der Waals surface area (Å²) in [5.41, 5.74) is 3.78. The summed E-state index contributed by atoms with van der Waals surface area (Å²) in [5.74, 6) is 0.451. The Kier molecular flexibility index (Phi) is 5.21. The highest BCUT2D eigenvalue weighted by molar-refractivity contribution is 7.86. The second-order valence-electron chi connectivity index (χ2n) is 6.43. The molecular weight excluding hydrogens is 406 g/mol. The Labute approximate surface area is 173 Å². The first-order chi connectivity index (χ1) is 14.4. The van der Waals surface area contributed by atoms with Crippen LogP contribution in [-0.2, 0) is 14.9 Å². The van der Waals surface area contributed by atoms with Gasteiger partial charge in [0.15, 0.2) is 0 Å². The maximum absolute atomic E-state index is 12.5. The molecule has 0 radical (unpaired) electrons. The van der Waals surface area contributed by atoms with Crippen molar-refractivity contribution in [2.24, 2.45) is 4.99 Å². The molecule has 3 aromatic carbocycles. The van der Waals surface area contributed by atoms with Crippen LogP contribution in [0.15, 0.2) is 88.8 Å². The lowest BCUT2D eigenvalue weighted by Crippen LogP contribution is -2.35. The highest BCUT2D eigenvalue weighted by atomic mass is 32.2. The molecule has 1 aliphatic rings. The standard InChI is InChI=1S/C21H17N3O5S/c25-21-14-20(22-15-7-3-1-4-8-15)23-24(21)16-11-12-18(19(13-16)30(26,27)28)29-17-9-5-2-6-10-17/h1-13H,14H2,(H,22,23)(H,26,27,28). The molecule has 0 unspecified atom stereocenters. The molecule has 30 heavy (non-hydrogen) atoms. The van der Waals surface area contributed by atoms with Crippen LogP contribution >= 0.6 is 0 Å². The SMILES string of the molecule is O=C1CC(=Nc2ccccc2)NN1c1ccc(Oc2ccccc2)c(S(=O)(=O)O)c1. The summed E-state index contributed by atoms with van der Waals surface area (Å²) in [6.07, 6.45) is 0.0262. The molecule has 1 aliphatic heterocycles. The van der Waals surface area contributed by atoms with Crippen molar-refractivity contribution in [2.75, 3.05) is 5.01 Å². The van der Waals surface area contributed by atoms with E-state index in [0.717, 1.165) is 0 Å². The molecule has 1 heterocycles. The lowest BCUT2D eigenvalue weighted by atomic mass is 10.2. The molecular formula is C21H17N3O5S. The molecule has 0 aliphatic carbocycles. The zero-order valence-electron chi connectivity index (χ0n) is 15.6. The summed E-state index contributed by atoms with van der Waals surface area (Å²) < 4.78 is 39.1. The maximum Gasteiger partial charge on any atom is 0.298 e. The lowest BCUT2D eigenvalue weighted by Gasteiger charge is -2.18. The third-order valence-corrected chi connectivity index (χ3v) is 5.14. The number of nitrogens with zero attached hydrogens (tertiary/aromatic N) is 2. The topological polar surface area (TPSA) is 108 Å². The van der Waals surface area contributed by atoms with E-state index in [-0.39, 0.29) is 23.8 Å². The normalized spacial score (nSPS) is 15.3. The largest absolute Gasteiger partial charge is 0.456 e. The molecule has 4 rings (SSSR count). The minimum absolute atomic E-state index is 0.0262. The van der Waals surface area contributed by atoms with Crippen LogP contribution in [0.2, 0.25) is 0 Å². The van der Waals surface area contributed by atoms with E-state index in [0.29, 0.717) is 17.3 Å². The van der Waals surface area contributed by atoms with Gasteiger partial charge in [-0.05, 0) is 42.5 Å². The van der Waals surface area contributed by atoms with E-state index in [4.69, 9.17) is 4.74 Å². The molecule has 9 heteroatoms. The second kappa shape index (κ2) is 7.97. The van der Waals surface area contributed by atoms with Gasteiger partial charge in [-0.15, -0.1) is 0 Å². The van der Waals surface area contributed by atoms with Gasteiger partial charge < -0.3 is 4.74 Å². The number of nitrogens with one attached hydrogen (secondary N) is 1. The van der Waals surface area contributed by atoms with Crippen LogP contribution in [0.3, 0.4) is 0 Å². The van der Waals surface area contributed by atoms with Crippen LogP contribution in [0, 0.1) is 0 Å². The molecule has 1 fully saturated rings. The van der Waals surface area contributed by atoms with Crippen LogP contribution in [0.1, 0.15) is 6.42 Å². The van der Waals surface area contributed by atoms with Gasteiger partial charge >= 0.3 is 0 Å². The fraction of sp³-hybridized carbons (Fsp3) is 0.0476. The van der Waals surface area contributed by atoms with Crippen LogP contribution in [0.4, 0.5) is 11.4 Å². The molecule has 2 N–H and O–H groups in total. The van der Waals surface area contributed by atoms with Crippen molar-refractivity contribution in [1.82, 2.24) is 5.43 Å². The number of benzene rings is 3. The minimum Gasteiger partial charge on any atom is -0.456 e. The lowest BCUT2D eigenvalue weighted by molar-refractivity contribution is -0.116. The number of anilines is 1. The molecule has 0 aromatic heterocycles. The average molecular weight is 423 g/mol. The van der Waals surface area contributed by atoms with Gasteiger partial charge in [-0.1, -0.05) is 36.4 Å². The predicted molar refractivity (Wildman–Crippen MR) is 112 cm³/mol. The monoisotopic (exact) mass is 423 g/mol. The van der Waals surface area contributed by atoms with Gasteiger partial charge in [0, 0.05) is 0 Å². The molecule has 0 bridgehead atoms. The Bertz CT molecular complexity index is 1210. The molecule has 1 amide bonds. The summed E-state index contributed by atoms with van der Waals surface area (Å²) in [4.78, 5) is 16.4. The van der Waals surface area contributed by atoms with Gasteiger partial charge in [0.25, 0.3) is 16.0 Å². The maximum atomic E-state index is 12.5. The first-order valence-electron chi connectivity index (χ1n) is 8.97. The van der Waals surface area contributed by atoms with Gasteiger partial charge in [0.05, 0.1) is 17.8 Å². The van der Waals surface area contributed by atoms with E-state index in [2.05, 4.69) is 10.4 Å².